The Hall–Kier alpha value is 0.324. The van der Waals surface area contributed by atoms with Gasteiger partial charge in [-0.05, 0) is 0 Å². The van der Waals surface area contributed by atoms with E-state index in [1.54, 1.807) is 0 Å². The predicted molar refractivity (Wildman–Crippen MR) is 45.0 cm³/mol. The molecule has 0 aromatic carbocycles. The molecule has 0 aromatic rings. The van der Waals surface area contributed by atoms with Crippen molar-refractivity contribution in [3.63, 3.8) is 0 Å². The van der Waals surface area contributed by atoms with Crippen LogP contribution in [0.1, 0.15) is 0 Å². The van der Waals surface area contributed by atoms with Crippen molar-refractivity contribution in [3.8, 4) is 0 Å². The molecule has 0 aromatic heterocycles. The van der Waals surface area contributed by atoms with Crippen LogP contribution < -0.4 is 0 Å². The summed E-state index contributed by atoms with van der Waals surface area (Å²) in [5.41, 5.74) is 0. The molecule has 5 N–H and O–H groups in total. The average Bonchev–Trinajstić information content (AvgIpc) is 1.19. The maximum Gasteiger partial charge on any atom is 0.761 e. The molecule has 0 bridgehead atoms. The highest BCUT2D eigenvalue weighted by Crippen LogP contribution is 2.25. The van der Waals surface area contributed by atoms with Gasteiger partial charge in [0.1, 0.15) is 0 Å². The van der Waals surface area contributed by atoms with Crippen LogP contribution in [0.4, 0.5) is 0 Å². The highest BCUT2D eigenvalue weighted by Gasteiger charge is 2.00. The molecule has 11 heavy (non-hydrogen) atoms. The zero-order valence-electron chi connectivity index (χ0n) is 4.00. The minimum Gasteiger partial charge on any atom is -0.511 e. The SMILES string of the molecule is B.O=P(O)(O)O.O=[Si](O)O.[AlH3]. The molecular formula is H11AlBO7PSi. The van der Waals surface area contributed by atoms with Gasteiger partial charge < -0.3 is 24.3 Å². The van der Waals surface area contributed by atoms with Crippen LogP contribution in [0.15, 0.2) is 0 Å². The minimum atomic E-state index is -4.64. The standard InChI is InChI=1S/Al.BH3.H3O4P.H2O3Si.3H/c;;1-5(2,3)4;1-4(2)3;;;/h;1H3;(H3,1,2,3,4);1-2H;;;. The van der Waals surface area contributed by atoms with Gasteiger partial charge >= 0.3 is 17.0 Å². The molecule has 0 fully saturated rings. The summed E-state index contributed by atoms with van der Waals surface area (Å²) in [6.07, 6.45) is 0. The smallest absolute Gasteiger partial charge is 0.511 e. The molecular weight excluding hydrogens is 209 g/mol. The Kier molecular flexibility index (Phi) is 21.1. The molecule has 0 unspecified atom stereocenters. The molecule has 7 nitrogen and oxygen atoms in total. The Morgan fingerprint density at radius 2 is 1.09 bits per heavy atom. The Bertz CT molecular complexity index is 118. The lowest BCUT2D eigenvalue weighted by Crippen LogP contribution is -1.90. The minimum absolute atomic E-state index is 0. The normalized spacial score (nSPS) is 7.55. The van der Waals surface area contributed by atoms with Crippen LogP contribution in [0.25, 0.3) is 0 Å². The molecule has 11 heteroatoms. The molecule has 0 aliphatic carbocycles. The largest absolute Gasteiger partial charge is 0.761 e. The van der Waals surface area contributed by atoms with E-state index in [2.05, 4.69) is 0 Å². The summed E-state index contributed by atoms with van der Waals surface area (Å²) in [7, 11) is -7.77. The molecule has 68 valence electrons. The van der Waals surface area contributed by atoms with E-state index in [0.29, 0.717) is 0 Å². The third-order valence-electron chi connectivity index (χ3n) is 0. The van der Waals surface area contributed by atoms with Crippen molar-refractivity contribution in [1.82, 2.24) is 0 Å². The fraction of sp³-hybridized carbons (Fsp3) is 0. The first-order valence-electron chi connectivity index (χ1n) is 1.43. The number of phosphoric acid groups is 1. The molecule has 0 radical (unpaired) electrons. The predicted octanol–water partition coefficient (Wildman–Crippen LogP) is -4.91. The van der Waals surface area contributed by atoms with Gasteiger partial charge in [0.2, 0.25) is 0 Å². The van der Waals surface area contributed by atoms with Crippen LogP contribution in [0.3, 0.4) is 0 Å². The van der Waals surface area contributed by atoms with Gasteiger partial charge in [0.15, 0.2) is 17.4 Å². The molecule has 0 atom stereocenters. The molecule has 0 saturated heterocycles. The van der Waals surface area contributed by atoms with Crippen LogP contribution in [-0.2, 0) is 9.03 Å². The van der Waals surface area contributed by atoms with Gasteiger partial charge in [0.25, 0.3) is 0 Å². The van der Waals surface area contributed by atoms with E-state index in [-0.39, 0.29) is 25.8 Å². The van der Waals surface area contributed by atoms with Gasteiger partial charge in [-0.2, -0.15) is 0 Å². The molecule has 0 aliphatic rings. The average molecular weight is 220 g/mol. The fourth-order valence-corrected chi connectivity index (χ4v) is 0. The molecule has 0 aliphatic heterocycles. The Morgan fingerprint density at radius 3 is 1.09 bits per heavy atom. The first-order chi connectivity index (χ1) is 3.73. The van der Waals surface area contributed by atoms with Gasteiger partial charge in [-0.25, -0.2) is 4.57 Å². The van der Waals surface area contributed by atoms with Crippen molar-refractivity contribution < 1.29 is 33.3 Å². The number of hydrogen-bond acceptors (Lipinski definition) is 2. The van der Waals surface area contributed by atoms with Crippen LogP contribution >= 0.6 is 7.82 Å². The van der Waals surface area contributed by atoms with E-state index in [1.807, 2.05) is 0 Å². The number of rotatable bonds is 0. The Labute approximate surface area is 76.5 Å². The van der Waals surface area contributed by atoms with Crippen LogP contribution in [-0.4, -0.2) is 59.2 Å². The molecule has 0 saturated carbocycles. The van der Waals surface area contributed by atoms with Crippen LogP contribution in [0.2, 0.25) is 0 Å². The second kappa shape index (κ2) is 10.3. The van der Waals surface area contributed by atoms with E-state index in [4.69, 9.17) is 33.3 Å². The summed E-state index contributed by atoms with van der Waals surface area (Å²) in [6.45, 7) is 0. The third kappa shape index (κ3) is 6800. The van der Waals surface area contributed by atoms with Crippen molar-refractivity contribution in [2.45, 2.75) is 0 Å². The van der Waals surface area contributed by atoms with Gasteiger partial charge in [-0.1, -0.05) is 0 Å². The van der Waals surface area contributed by atoms with Crippen molar-refractivity contribution in [2.24, 2.45) is 0 Å². The maximum atomic E-state index is 8.88. The monoisotopic (exact) mass is 220 g/mol. The summed E-state index contributed by atoms with van der Waals surface area (Å²) < 4.78 is 17.6. The second-order valence-corrected chi connectivity index (χ2v) is 2.39. The lowest BCUT2D eigenvalue weighted by Gasteiger charge is -1.82. The fourth-order valence-electron chi connectivity index (χ4n) is 0. The lowest BCUT2D eigenvalue weighted by atomic mass is 10.8. The van der Waals surface area contributed by atoms with Crippen LogP contribution in [0, 0.1) is 0 Å². The van der Waals surface area contributed by atoms with Gasteiger partial charge in [0.05, 0.1) is 8.41 Å². The highest BCUT2D eigenvalue weighted by molar-refractivity contribution is 7.45. The van der Waals surface area contributed by atoms with E-state index >= 15 is 0 Å². The second-order valence-electron chi connectivity index (χ2n) is 0.796. The number of hydrogen-bond donors (Lipinski definition) is 5. The molecule has 0 spiro atoms. The topological polar surface area (TPSA) is 135 Å². The van der Waals surface area contributed by atoms with E-state index in [9.17, 15) is 0 Å². The van der Waals surface area contributed by atoms with E-state index < -0.39 is 17.0 Å². The van der Waals surface area contributed by atoms with Crippen LogP contribution in [0.5, 0.6) is 0 Å². The maximum absolute atomic E-state index is 8.88. The Morgan fingerprint density at radius 1 is 1.09 bits per heavy atom. The first-order valence-corrected chi connectivity index (χ1v) is 4.30. The van der Waals surface area contributed by atoms with Crippen molar-refractivity contribution in [1.29, 1.82) is 0 Å². The summed E-state index contributed by atoms with van der Waals surface area (Å²) in [5, 5.41) is 0. The van der Waals surface area contributed by atoms with Crippen molar-refractivity contribution >= 4 is 42.8 Å². The summed E-state index contributed by atoms with van der Waals surface area (Å²) in [4.78, 5) is 35.9. The quantitative estimate of drug-likeness (QED) is 0.204. The van der Waals surface area contributed by atoms with E-state index in [1.165, 1.54) is 0 Å². The highest BCUT2D eigenvalue weighted by atomic mass is 31.2. The van der Waals surface area contributed by atoms with Gasteiger partial charge in [-0.3, -0.25) is 4.46 Å². The zero-order valence-corrected chi connectivity index (χ0v) is 5.89. The third-order valence-corrected chi connectivity index (χ3v) is 0. The Balaban J connectivity index is -0.0000000383. The molecule has 0 amide bonds. The van der Waals surface area contributed by atoms with Gasteiger partial charge in [0, 0.05) is 0 Å². The summed E-state index contributed by atoms with van der Waals surface area (Å²) in [6, 6.07) is 0. The molecule has 0 rings (SSSR count). The lowest BCUT2D eigenvalue weighted by molar-refractivity contribution is 0.275. The van der Waals surface area contributed by atoms with E-state index in [0.717, 1.165) is 0 Å². The van der Waals surface area contributed by atoms with Gasteiger partial charge in [-0.15, -0.1) is 0 Å². The molecule has 0 heterocycles. The summed E-state index contributed by atoms with van der Waals surface area (Å²) >= 11 is 0. The first kappa shape index (κ1) is 22.5. The van der Waals surface area contributed by atoms with Crippen molar-refractivity contribution in [2.75, 3.05) is 0 Å². The summed E-state index contributed by atoms with van der Waals surface area (Å²) in [5.74, 6) is 0. The zero-order chi connectivity index (χ0) is 8.08. The van der Waals surface area contributed by atoms with Crippen molar-refractivity contribution in [3.05, 3.63) is 0 Å².